The first-order valence-electron chi connectivity index (χ1n) is 8.14. The molecule has 0 fully saturated rings. The molecule has 1 aromatic rings. The number of benzene rings is 1. The Labute approximate surface area is 130 Å². The monoisotopic (exact) mass is 286 g/mol. The van der Waals surface area contributed by atoms with Crippen molar-refractivity contribution in [3.8, 4) is 0 Å². The summed E-state index contributed by atoms with van der Waals surface area (Å²) in [5, 5.41) is 8.07. The molecule has 0 spiro atoms. The second kappa shape index (κ2) is 8.76. The van der Waals surface area contributed by atoms with E-state index in [0.29, 0.717) is 0 Å². The van der Waals surface area contributed by atoms with Gasteiger partial charge in [0.2, 0.25) is 0 Å². The molecule has 21 heavy (non-hydrogen) atoms. The molecule has 1 aromatic carbocycles. The molecule has 0 N–H and O–H groups in total. The fraction of sp³-hybridized carbons (Fsp3) is 0.579. The van der Waals surface area contributed by atoms with E-state index in [9.17, 15) is 0 Å². The molecule has 0 unspecified atom stereocenters. The maximum absolute atomic E-state index is 4.12. The van der Waals surface area contributed by atoms with E-state index in [4.69, 9.17) is 0 Å². The standard InChI is InChI=1S/C19H30N2/c1-7-9-10-11-12-18-14(3)16(5)19(13-21-20-8-2)17(6)15(18)4/h8,13H,7,9-12H2,1-6H3/b20-8-,21-13-. The lowest BCUT2D eigenvalue weighted by Crippen LogP contribution is -2.05. The molecule has 0 amide bonds. The first kappa shape index (κ1) is 17.6. The van der Waals surface area contributed by atoms with E-state index in [0.717, 1.165) is 0 Å². The molecule has 0 bridgehead atoms. The Morgan fingerprint density at radius 2 is 1.43 bits per heavy atom. The summed E-state index contributed by atoms with van der Waals surface area (Å²) in [7, 11) is 0. The zero-order valence-electron chi connectivity index (χ0n) is 14.6. The van der Waals surface area contributed by atoms with Crippen molar-refractivity contribution in [2.45, 2.75) is 73.6 Å². The van der Waals surface area contributed by atoms with Gasteiger partial charge in [0.25, 0.3) is 0 Å². The fourth-order valence-electron chi connectivity index (χ4n) is 2.87. The average Bonchev–Trinajstić information content (AvgIpc) is 2.48. The number of hydrogen-bond donors (Lipinski definition) is 0. The predicted molar refractivity (Wildman–Crippen MR) is 95.0 cm³/mol. The summed E-state index contributed by atoms with van der Waals surface area (Å²) in [6.45, 7) is 13.0. The van der Waals surface area contributed by atoms with E-state index in [1.165, 1.54) is 65.5 Å². The van der Waals surface area contributed by atoms with Gasteiger partial charge in [-0.3, -0.25) is 0 Å². The van der Waals surface area contributed by atoms with Gasteiger partial charge in [-0.1, -0.05) is 26.2 Å². The molecule has 1 rings (SSSR count). The summed E-state index contributed by atoms with van der Waals surface area (Å²) in [4.78, 5) is 0. The quantitative estimate of drug-likeness (QED) is 0.361. The normalized spacial score (nSPS) is 11.9. The molecular weight excluding hydrogens is 256 g/mol. The van der Waals surface area contributed by atoms with Crippen LogP contribution in [0.1, 0.15) is 72.9 Å². The van der Waals surface area contributed by atoms with Gasteiger partial charge in [0.15, 0.2) is 0 Å². The van der Waals surface area contributed by atoms with Gasteiger partial charge < -0.3 is 0 Å². The van der Waals surface area contributed by atoms with Gasteiger partial charge in [0.1, 0.15) is 0 Å². The average molecular weight is 286 g/mol. The van der Waals surface area contributed by atoms with Crippen LogP contribution in [0.3, 0.4) is 0 Å². The van der Waals surface area contributed by atoms with Crippen LogP contribution in [-0.2, 0) is 6.42 Å². The molecule has 0 atom stereocenters. The van der Waals surface area contributed by atoms with Crippen LogP contribution >= 0.6 is 0 Å². The van der Waals surface area contributed by atoms with Crippen LogP contribution in [-0.4, -0.2) is 12.4 Å². The molecular formula is C19H30N2. The second-order valence-electron chi connectivity index (χ2n) is 5.82. The van der Waals surface area contributed by atoms with Gasteiger partial charge in [-0.05, 0) is 75.3 Å². The van der Waals surface area contributed by atoms with Crippen molar-refractivity contribution < 1.29 is 0 Å². The van der Waals surface area contributed by atoms with Crippen LogP contribution in [0.2, 0.25) is 0 Å². The Balaban J connectivity index is 3.08. The fourth-order valence-corrected chi connectivity index (χ4v) is 2.87. The Kier molecular flexibility index (Phi) is 7.35. The highest BCUT2D eigenvalue weighted by Gasteiger charge is 2.13. The smallest absolute Gasteiger partial charge is 0.0573 e. The van der Waals surface area contributed by atoms with Gasteiger partial charge in [-0.15, -0.1) is 0 Å². The van der Waals surface area contributed by atoms with Gasteiger partial charge in [0.05, 0.1) is 6.21 Å². The van der Waals surface area contributed by atoms with Gasteiger partial charge in [-0.25, -0.2) is 0 Å². The molecule has 0 radical (unpaired) electrons. The Hall–Kier alpha value is -1.44. The van der Waals surface area contributed by atoms with Crippen molar-refractivity contribution >= 4 is 12.4 Å². The van der Waals surface area contributed by atoms with E-state index in [1.54, 1.807) is 6.21 Å². The summed E-state index contributed by atoms with van der Waals surface area (Å²) >= 11 is 0. The molecule has 0 saturated carbocycles. The minimum Gasteiger partial charge on any atom is -0.164 e. The maximum atomic E-state index is 4.12. The lowest BCUT2D eigenvalue weighted by molar-refractivity contribution is 0.664. The lowest BCUT2D eigenvalue weighted by Gasteiger charge is -2.18. The van der Waals surface area contributed by atoms with E-state index in [-0.39, 0.29) is 0 Å². The second-order valence-corrected chi connectivity index (χ2v) is 5.82. The summed E-state index contributed by atoms with van der Waals surface area (Å²) in [6.07, 6.45) is 10.1. The van der Waals surface area contributed by atoms with Crippen LogP contribution in [0.15, 0.2) is 10.2 Å². The van der Waals surface area contributed by atoms with E-state index < -0.39 is 0 Å². The molecule has 0 aliphatic rings. The van der Waals surface area contributed by atoms with E-state index >= 15 is 0 Å². The summed E-state index contributed by atoms with van der Waals surface area (Å²) in [5.41, 5.74) is 8.32. The first-order chi connectivity index (χ1) is 10.0. The highest BCUT2D eigenvalue weighted by Crippen LogP contribution is 2.27. The molecule has 2 nitrogen and oxygen atoms in total. The zero-order chi connectivity index (χ0) is 15.8. The topological polar surface area (TPSA) is 24.7 Å². The third-order valence-electron chi connectivity index (χ3n) is 4.49. The van der Waals surface area contributed by atoms with Crippen molar-refractivity contribution in [3.05, 3.63) is 33.4 Å². The molecule has 116 valence electrons. The van der Waals surface area contributed by atoms with Gasteiger partial charge in [-0.2, -0.15) is 10.2 Å². The molecule has 2 heteroatoms. The number of hydrogen-bond acceptors (Lipinski definition) is 2. The highest BCUT2D eigenvalue weighted by atomic mass is 15.2. The summed E-state index contributed by atoms with van der Waals surface area (Å²) < 4.78 is 0. The van der Waals surface area contributed by atoms with Crippen LogP contribution in [0.4, 0.5) is 0 Å². The van der Waals surface area contributed by atoms with Crippen molar-refractivity contribution in [2.75, 3.05) is 0 Å². The van der Waals surface area contributed by atoms with Crippen LogP contribution in [0.5, 0.6) is 0 Å². The van der Waals surface area contributed by atoms with Gasteiger partial charge >= 0.3 is 0 Å². The Morgan fingerprint density at radius 3 is 1.95 bits per heavy atom. The first-order valence-corrected chi connectivity index (χ1v) is 8.14. The molecule has 0 aliphatic carbocycles. The number of rotatable bonds is 7. The Morgan fingerprint density at radius 1 is 0.810 bits per heavy atom. The minimum atomic E-state index is 1.20. The Bertz CT molecular complexity index is 496. The largest absolute Gasteiger partial charge is 0.164 e. The summed E-state index contributed by atoms with van der Waals surface area (Å²) in [5.74, 6) is 0. The van der Waals surface area contributed by atoms with Crippen LogP contribution in [0.25, 0.3) is 0 Å². The molecule has 0 aliphatic heterocycles. The third kappa shape index (κ3) is 4.52. The third-order valence-corrected chi connectivity index (χ3v) is 4.49. The van der Waals surface area contributed by atoms with Gasteiger partial charge in [0, 0.05) is 11.8 Å². The number of unbranched alkanes of at least 4 members (excludes halogenated alkanes) is 3. The van der Waals surface area contributed by atoms with E-state index in [1.807, 2.05) is 13.1 Å². The molecule has 0 aromatic heterocycles. The highest BCUT2D eigenvalue weighted by molar-refractivity contribution is 5.85. The van der Waals surface area contributed by atoms with Crippen molar-refractivity contribution in [2.24, 2.45) is 10.2 Å². The van der Waals surface area contributed by atoms with Crippen molar-refractivity contribution in [3.63, 3.8) is 0 Å². The molecule has 0 heterocycles. The summed E-state index contributed by atoms with van der Waals surface area (Å²) in [6, 6.07) is 0. The predicted octanol–water partition coefficient (Wildman–Crippen LogP) is 5.47. The zero-order valence-corrected chi connectivity index (χ0v) is 14.6. The minimum absolute atomic E-state index is 1.20. The SMILES string of the molecule is C/C=N\N=C/c1c(C)c(C)c(CCCCCC)c(C)c1C. The van der Waals surface area contributed by atoms with E-state index in [2.05, 4.69) is 44.8 Å². The maximum Gasteiger partial charge on any atom is 0.0573 e. The van der Waals surface area contributed by atoms with Crippen molar-refractivity contribution in [1.82, 2.24) is 0 Å². The van der Waals surface area contributed by atoms with Crippen molar-refractivity contribution in [1.29, 1.82) is 0 Å². The lowest BCUT2D eigenvalue weighted by atomic mass is 9.87. The van der Waals surface area contributed by atoms with Crippen LogP contribution < -0.4 is 0 Å². The van der Waals surface area contributed by atoms with Crippen LogP contribution in [0, 0.1) is 27.7 Å². The molecule has 0 saturated heterocycles. The number of nitrogens with zero attached hydrogens (tertiary/aromatic N) is 2.